The molecule has 4 unspecified atom stereocenters. The number of alkyl halides is 6. The maximum Gasteiger partial charge on any atom is 0.416 e. The highest BCUT2D eigenvalue weighted by Gasteiger charge is 2.73. The number of esters is 1. The van der Waals surface area contributed by atoms with Gasteiger partial charge in [-0.2, -0.15) is 26.3 Å². The molecule has 1 fully saturated rings. The van der Waals surface area contributed by atoms with E-state index in [-0.39, 0.29) is 12.7 Å². The zero-order chi connectivity index (χ0) is 23.3. The molecule has 0 bridgehead atoms. The van der Waals surface area contributed by atoms with Gasteiger partial charge < -0.3 is 19.3 Å². The minimum atomic E-state index is -5.47. The van der Waals surface area contributed by atoms with E-state index in [2.05, 4.69) is 4.74 Å². The number of hydrogen-bond acceptors (Lipinski definition) is 5. The molecule has 2 aliphatic rings. The fourth-order valence-corrected chi connectivity index (χ4v) is 4.05. The van der Waals surface area contributed by atoms with E-state index in [4.69, 9.17) is 9.47 Å². The summed E-state index contributed by atoms with van der Waals surface area (Å²) in [4.78, 5) is 11.7. The summed E-state index contributed by atoms with van der Waals surface area (Å²) in [6.07, 6.45) is -12.4. The predicted molar refractivity (Wildman–Crippen MR) is 92.1 cm³/mol. The van der Waals surface area contributed by atoms with E-state index in [0.29, 0.717) is 6.92 Å². The molecule has 172 valence electrons. The number of carbonyl (C=O) groups excluding carboxylic acids is 1. The molecule has 0 amide bonds. The van der Waals surface area contributed by atoms with Crippen LogP contribution in [0.3, 0.4) is 0 Å². The molecule has 0 saturated carbocycles. The van der Waals surface area contributed by atoms with E-state index in [1.165, 1.54) is 6.92 Å². The van der Waals surface area contributed by atoms with Crippen molar-refractivity contribution in [2.24, 2.45) is 5.41 Å². The maximum absolute atomic E-state index is 14.2. The molecule has 2 rings (SSSR count). The molecule has 1 spiro atoms. The summed E-state index contributed by atoms with van der Waals surface area (Å²) in [7, 11) is 0. The van der Waals surface area contributed by atoms with Crippen LogP contribution in [0.1, 0.15) is 41.0 Å². The summed E-state index contributed by atoms with van der Waals surface area (Å²) < 4.78 is 99.8. The lowest BCUT2D eigenvalue weighted by Gasteiger charge is -2.53. The van der Waals surface area contributed by atoms with Crippen molar-refractivity contribution in [1.82, 2.24) is 0 Å². The van der Waals surface area contributed by atoms with Crippen molar-refractivity contribution < 1.29 is 50.5 Å². The number of halogens is 6. The molecule has 30 heavy (non-hydrogen) atoms. The van der Waals surface area contributed by atoms with Gasteiger partial charge in [-0.05, 0) is 46.3 Å². The molecule has 1 heterocycles. The van der Waals surface area contributed by atoms with Gasteiger partial charge in [0.15, 0.2) is 5.79 Å². The Morgan fingerprint density at radius 2 is 1.73 bits per heavy atom. The van der Waals surface area contributed by atoms with Crippen LogP contribution >= 0.6 is 0 Å². The second-order valence-corrected chi connectivity index (χ2v) is 7.81. The molecule has 1 aliphatic heterocycles. The zero-order valence-electron chi connectivity index (χ0n) is 17.1. The van der Waals surface area contributed by atoms with Crippen molar-refractivity contribution in [3.8, 4) is 0 Å². The molecule has 1 saturated heterocycles. The minimum absolute atomic E-state index is 0.134. The topological polar surface area (TPSA) is 65.0 Å². The van der Waals surface area contributed by atoms with Crippen molar-refractivity contribution in [2.75, 3.05) is 6.61 Å². The van der Waals surface area contributed by atoms with Gasteiger partial charge >= 0.3 is 18.3 Å². The average Bonchev–Trinajstić information content (AvgIpc) is 2.82. The Balaban J connectivity index is 2.80. The van der Waals surface area contributed by atoms with Gasteiger partial charge in [-0.25, -0.2) is 4.79 Å². The quantitative estimate of drug-likeness (QED) is 0.305. The van der Waals surface area contributed by atoms with Crippen LogP contribution in [0.15, 0.2) is 23.3 Å². The van der Waals surface area contributed by atoms with Crippen LogP contribution in [0.5, 0.6) is 0 Å². The normalized spacial score (nSPS) is 38.0. The van der Waals surface area contributed by atoms with Crippen LogP contribution < -0.4 is 0 Å². The number of hydrogen-bond donors (Lipinski definition) is 1. The number of rotatable bonds is 3. The lowest BCUT2D eigenvalue weighted by Crippen LogP contribution is -2.64. The van der Waals surface area contributed by atoms with Crippen molar-refractivity contribution in [3.05, 3.63) is 23.3 Å². The van der Waals surface area contributed by atoms with Crippen LogP contribution in [0.25, 0.3) is 0 Å². The van der Waals surface area contributed by atoms with Gasteiger partial charge in [-0.1, -0.05) is 0 Å². The molecule has 1 N–H and O–H groups in total. The second-order valence-electron chi connectivity index (χ2n) is 7.81. The van der Waals surface area contributed by atoms with Crippen molar-refractivity contribution in [3.63, 3.8) is 0 Å². The van der Waals surface area contributed by atoms with Gasteiger partial charge in [0.25, 0.3) is 0 Å². The molecule has 0 aromatic heterocycles. The lowest BCUT2D eigenvalue weighted by molar-refractivity contribution is -0.304. The third kappa shape index (κ3) is 3.87. The van der Waals surface area contributed by atoms with Crippen LogP contribution in [-0.4, -0.2) is 53.6 Å². The summed E-state index contributed by atoms with van der Waals surface area (Å²) in [6, 6.07) is 0. The van der Waals surface area contributed by atoms with Gasteiger partial charge in [-0.15, -0.1) is 0 Å². The van der Waals surface area contributed by atoms with E-state index in [0.717, 1.165) is 13.0 Å². The van der Waals surface area contributed by atoms with Gasteiger partial charge in [0, 0.05) is 12.5 Å². The fourth-order valence-electron chi connectivity index (χ4n) is 4.05. The van der Waals surface area contributed by atoms with Crippen LogP contribution in [0.2, 0.25) is 0 Å². The molecule has 0 radical (unpaired) electrons. The molecule has 0 aromatic rings. The zero-order valence-corrected chi connectivity index (χ0v) is 17.1. The first-order chi connectivity index (χ1) is 13.4. The molecule has 11 heteroatoms. The van der Waals surface area contributed by atoms with E-state index in [1.54, 1.807) is 13.8 Å². The van der Waals surface area contributed by atoms with Gasteiger partial charge in [0.2, 0.25) is 0 Å². The predicted octanol–water partition coefficient (Wildman–Crippen LogP) is 4.21. The monoisotopic (exact) mass is 446 g/mol. The largest absolute Gasteiger partial charge is 0.463 e. The van der Waals surface area contributed by atoms with Crippen molar-refractivity contribution in [1.29, 1.82) is 0 Å². The Labute approximate surface area is 169 Å². The van der Waals surface area contributed by atoms with E-state index >= 15 is 0 Å². The van der Waals surface area contributed by atoms with Gasteiger partial charge in [0.1, 0.15) is 11.0 Å². The summed E-state index contributed by atoms with van der Waals surface area (Å²) in [5.74, 6) is -3.49. The fraction of sp³-hybridized carbons (Fsp3) is 0.737. The third-order valence-corrected chi connectivity index (χ3v) is 5.71. The van der Waals surface area contributed by atoms with E-state index in [1.807, 2.05) is 0 Å². The standard InChI is InChI=1S/C19H24F6O5/c1-6-28-14(26)7-13(18(20,21)22)17(27)10(2)8-16(29-11(3)12(4)30-16)9-15(17,5)19(23,24)25/h7-8,11-12,27H,6,9H2,1-5H3/b13-7+. The molecular weight excluding hydrogens is 422 g/mol. The first-order valence-corrected chi connectivity index (χ1v) is 9.24. The maximum atomic E-state index is 14.2. The molecule has 5 nitrogen and oxygen atoms in total. The Morgan fingerprint density at radius 1 is 1.23 bits per heavy atom. The highest BCUT2D eigenvalue weighted by Crippen LogP contribution is 2.62. The Kier molecular flexibility index (Phi) is 6.19. The van der Waals surface area contributed by atoms with E-state index in [9.17, 15) is 36.2 Å². The third-order valence-electron chi connectivity index (χ3n) is 5.71. The average molecular weight is 446 g/mol. The van der Waals surface area contributed by atoms with Gasteiger partial charge in [0.05, 0.1) is 24.4 Å². The van der Waals surface area contributed by atoms with Crippen LogP contribution in [-0.2, 0) is 19.0 Å². The minimum Gasteiger partial charge on any atom is -0.463 e. The SMILES string of the molecule is CCOC(=O)/C=C(/C(F)(F)F)C1(O)C(C)=CC2(CC1(C)C(F)(F)F)OC(C)C(C)O2. The number of aliphatic hydroxyl groups is 1. The summed E-state index contributed by atoms with van der Waals surface area (Å²) in [6.45, 7) is 5.49. The molecular formula is C19H24F6O5. The van der Waals surface area contributed by atoms with Gasteiger partial charge in [-0.3, -0.25) is 0 Å². The summed E-state index contributed by atoms with van der Waals surface area (Å²) in [5, 5.41) is 11.1. The Bertz CT molecular complexity index is 745. The smallest absolute Gasteiger partial charge is 0.416 e. The lowest BCUT2D eigenvalue weighted by atomic mass is 9.58. The first kappa shape index (κ1) is 24.7. The summed E-state index contributed by atoms with van der Waals surface area (Å²) >= 11 is 0. The number of carbonyl (C=O) groups is 1. The van der Waals surface area contributed by atoms with Crippen LogP contribution in [0, 0.1) is 5.41 Å². The first-order valence-electron chi connectivity index (χ1n) is 9.24. The Hall–Kier alpha value is -1.59. The molecule has 0 aromatic carbocycles. The highest BCUT2D eigenvalue weighted by atomic mass is 19.4. The van der Waals surface area contributed by atoms with Crippen molar-refractivity contribution >= 4 is 5.97 Å². The van der Waals surface area contributed by atoms with Crippen molar-refractivity contribution in [2.45, 2.75) is 77.0 Å². The summed E-state index contributed by atoms with van der Waals surface area (Å²) in [5.41, 5.74) is -9.81. The molecule has 4 atom stereocenters. The van der Waals surface area contributed by atoms with E-state index < -0.39 is 64.9 Å². The molecule has 1 aliphatic carbocycles. The highest BCUT2D eigenvalue weighted by molar-refractivity contribution is 5.84. The Morgan fingerprint density at radius 3 is 2.13 bits per heavy atom. The van der Waals surface area contributed by atoms with Crippen LogP contribution in [0.4, 0.5) is 26.3 Å². The number of ether oxygens (including phenoxy) is 3. The second kappa shape index (κ2) is 7.52.